The van der Waals surface area contributed by atoms with Gasteiger partial charge in [-0.3, -0.25) is 0 Å². The zero-order valence-corrected chi connectivity index (χ0v) is 6.00. The first kappa shape index (κ1) is 9.26. The summed E-state index contributed by atoms with van der Waals surface area (Å²) in [6.07, 6.45) is 0.0556. The SMILES string of the molecule is [K+].[N-]=[N+]=C[O-]. The van der Waals surface area contributed by atoms with Gasteiger partial charge >= 0.3 is 51.4 Å². The molecule has 0 aromatic carbocycles. The largest absolute Gasteiger partial charge is 1.00 e. The van der Waals surface area contributed by atoms with E-state index in [4.69, 9.17) is 10.6 Å². The van der Waals surface area contributed by atoms with Crippen molar-refractivity contribution in [1.82, 2.24) is 0 Å². The molecule has 0 bridgehead atoms. The molecule has 0 saturated carbocycles. The molecular formula is CHKN2O. The van der Waals surface area contributed by atoms with Gasteiger partial charge in [0.25, 0.3) is 0 Å². The van der Waals surface area contributed by atoms with Gasteiger partial charge in [-0.2, -0.15) is 4.79 Å². The quantitative estimate of drug-likeness (QED) is 0.0987. The average Bonchev–Trinajstić information content (AvgIpc) is 1.37. The molecule has 4 heteroatoms. The molecule has 0 atom stereocenters. The van der Waals surface area contributed by atoms with Crippen LogP contribution in [0.5, 0.6) is 0 Å². The van der Waals surface area contributed by atoms with Gasteiger partial charge in [0.2, 0.25) is 6.40 Å². The van der Waals surface area contributed by atoms with E-state index in [1.807, 2.05) is 0 Å². The number of rotatable bonds is 0. The topological polar surface area (TPSA) is 59.5 Å². The van der Waals surface area contributed by atoms with Crippen molar-refractivity contribution < 1.29 is 61.3 Å². The van der Waals surface area contributed by atoms with Gasteiger partial charge in [0, 0.05) is 0 Å². The first-order valence-corrected chi connectivity index (χ1v) is 0.694. The third-order valence-electron chi connectivity index (χ3n) is 0.0471. The molecule has 0 rings (SSSR count). The Bertz CT molecular complexity index is 47.6. The molecule has 0 amide bonds. The standard InChI is InChI=1S/CH2N2O.K/c2-3-1-4;/h1,4H;/q;+1/p-1. The van der Waals surface area contributed by atoms with E-state index < -0.39 is 0 Å². The molecule has 0 fully saturated rings. The maximum Gasteiger partial charge on any atom is 1.00 e. The number of nitrogens with zero attached hydrogens (tertiary/aromatic N) is 2. The maximum absolute atomic E-state index is 8.76. The molecule has 0 unspecified atom stereocenters. The van der Waals surface area contributed by atoms with Gasteiger partial charge in [0.15, 0.2) is 0 Å². The summed E-state index contributed by atoms with van der Waals surface area (Å²) >= 11 is 0. The Balaban J connectivity index is 0. The van der Waals surface area contributed by atoms with E-state index >= 15 is 0 Å². The van der Waals surface area contributed by atoms with Gasteiger partial charge < -0.3 is 10.6 Å². The van der Waals surface area contributed by atoms with Crippen molar-refractivity contribution in [2.75, 3.05) is 0 Å². The second-order valence-electron chi connectivity index (χ2n) is 0.221. The molecule has 0 N–H and O–H groups in total. The van der Waals surface area contributed by atoms with Crippen LogP contribution in [0.3, 0.4) is 0 Å². The predicted molar refractivity (Wildman–Crippen MR) is 9.68 cm³/mol. The molecule has 0 aliphatic carbocycles. The summed E-state index contributed by atoms with van der Waals surface area (Å²) in [6.45, 7) is 0. The second kappa shape index (κ2) is 8.84. The summed E-state index contributed by atoms with van der Waals surface area (Å²) in [4.78, 5) is 2.06. The molecule has 0 heterocycles. The van der Waals surface area contributed by atoms with Gasteiger partial charge in [-0.05, 0) is 0 Å². The van der Waals surface area contributed by atoms with Crippen LogP contribution in [0.2, 0.25) is 0 Å². The normalized spacial score (nSPS) is 3.20. The summed E-state index contributed by atoms with van der Waals surface area (Å²) in [6, 6.07) is 0. The van der Waals surface area contributed by atoms with Crippen molar-refractivity contribution in [2.24, 2.45) is 0 Å². The summed E-state index contributed by atoms with van der Waals surface area (Å²) in [5, 5.41) is 8.76. The van der Waals surface area contributed by atoms with E-state index in [1.165, 1.54) is 0 Å². The minimum absolute atomic E-state index is 0. The Labute approximate surface area is 72.0 Å². The Morgan fingerprint density at radius 1 is 1.80 bits per heavy atom. The molecule has 0 aromatic heterocycles. The zero-order chi connectivity index (χ0) is 3.41. The maximum atomic E-state index is 8.76. The first-order chi connectivity index (χ1) is 1.91. The molecule has 0 spiro atoms. The van der Waals surface area contributed by atoms with Crippen LogP contribution in [-0.2, 0) is 0 Å². The minimum Gasteiger partial charge on any atom is -0.816 e. The monoisotopic (exact) mass is 96.0 g/mol. The third-order valence-corrected chi connectivity index (χ3v) is 0.0471. The van der Waals surface area contributed by atoms with Crippen LogP contribution in [0, 0.1) is 0 Å². The first-order valence-electron chi connectivity index (χ1n) is 0.694. The molecule has 0 aliphatic rings. The number of hydrogen-bond donors (Lipinski definition) is 0. The molecule has 22 valence electrons. The van der Waals surface area contributed by atoms with Crippen LogP contribution in [0.4, 0.5) is 0 Å². The molecule has 3 nitrogen and oxygen atoms in total. The van der Waals surface area contributed by atoms with E-state index in [-0.39, 0.29) is 57.8 Å². The Morgan fingerprint density at radius 2 is 2.00 bits per heavy atom. The molecule has 0 aromatic rings. The molecular weight excluding hydrogens is 95.1 g/mol. The van der Waals surface area contributed by atoms with E-state index in [9.17, 15) is 0 Å². The Hall–Kier alpha value is 0.816. The molecule has 5 heavy (non-hydrogen) atoms. The second-order valence-corrected chi connectivity index (χ2v) is 0.221. The summed E-state index contributed by atoms with van der Waals surface area (Å²) in [5.74, 6) is 0. The summed E-state index contributed by atoms with van der Waals surface area (Å²) in [7, 11) is 0. The van der Waals surface area contributed by atoms with E-state index in [0.717, 1.165) is 0 Å². The minimum atomic E-state index is 0. The fraction of sp³-hybridized carbons (Fsp3) is 0. The third kappa shape index (κ3) is 11.6. The molecule has 0 aliphatic heterocycles. The molecule has 0 saturated heterocycles. The van der Waals surface area contributed by atoms with Crippen LogP contribution in [0.25, 0.3) is 5.53 Å². The zero-order valence-electron chi connectivity index (χ0n) is 2.88. The van der Waals surface area contributed by atoms with Crippen LogP contribution in [0.15, 0.2) is 0 Å². The number of hydrogen-bond acceptors (Lipinski definition) is 1. The van der Waals surface area contributed by atoms with Crippen molar-refractivity contribution >= 4 is 6.40 Å². The van der Waals surface area contributed by atoms with Crippen molar-refractivity contribution in [3.63, 3.8) is 0 Å². The van der Waals surface area contributed by atoms with Crippen LogP contribution in [0.1, 0.15) is 0 Å². The van der Waals surface area contributed by atoms with Gasteiger partial charge in [0.05, 0.1) is 0 Å². The van der Waals surface area contributed by atoms with Crippen LogP contribution in [-0.4, -0.2) is 11.2 Å². The van der Waals surface area contributed by atoms with Gasteiger partial charge in [-0.1, -0.05) is 0 Å². The molecule has 0 radical (unpaired) electrons. The summed E-state index contributed by atoms with van der Waals surface area (Å²) in [5.41, 5.74) is 7.13. The fourth-order valence-electron chi connectivity index (χ4n) is 0. The van der Waals surface area contributed by atoms with E-state index in [1.54, 1.807) is 0 Å². The fourth-order valence-corrected chi connectivity index (χ4v) is 0. The van der Waals surface area contributed by atoms with Gasteiger partial charge in [0.1, 0.15) is 0 Å². The van der Waals surface area contributed by atoms with Crippen LogP contribution >= 0.6 is 0 Å². The smallest absolute Gasteiger partial charge is 0.816 e. The predicted octanol–water partition coefficient (Wildman–Crippen LogP) is -4.39. The Kier molecular flexibility index (Phi) is 16.4. The van der Waals surface area contributed by atoms with Gasteiger partial charge in [-0.15, -0.1) is 0 Å². The van der Waals surface area contributed by atoms with E-state index in [2.05, 4.69) is 4.79 Å². The van der Waals surface area contributed by atoms with Crippen molar-refractivity contribution in [2.45, 2.75) is 0 Å². The van der Waals surface area contributed by atoms with Gasteiger partial charge in [-0.25, -0.2) is 0 Å². The summed E-state index contributed by atoms with van der Waals surface area (Å²) < 4.78 is 0. The van der Waals surface area contributed by atoms with Crippen molar-refractivity contribution in [1.29, 1.82) is 0 Å². The average molecular weight is 96.1 g/mol. The Morgan fingerprint density at radius 3 is 2.00 bits per heavy atom. The van der Waals surface area contributed by atoms with Crippen molar-refractivity contribution in [3.05, 3.63) is 5.53 Å². The van der Waals surface area contributed by atoms with Crippen molar-refractivity contribution in [3.8, 4) is 0 Å². The van der Waals surface area contributed by atoms with E-state index in [0.29, 0.717) is 0 Å². The van der Waals surface area contributed by atoms with Crippen LogP contribution < -0.4 is 56.5 Å².